The number of sulfone groups is 1. The van der Waals surface area contributed by atoms with Crippen LogP contribution < -0.4 is 5.32 Å². The number of nitrogens with one attached hydrogen (secondary N) is 1. The Labute approximate surface area is 114 Å². The number of benzene rings is 1. The molecule has 0 spiro atoms. The average molecular weight is 281 g/mol. The molecular formula is C14H19NO3S. The number of anilines is 1. The molecule has 1 aromatic rings. The molecule has 0 aromatic heterocycles. The molecule has 1 atom stereocenters. The Balaban J connectivity index is 2.16. The van der Waals surface area contributed by atoms with Gasteiger partial charge in [0.25, 0.3) is 0 Å². The molecule has 1 fully saturated rings. The van der Waals surface area contributed by atoms with Crippen molar-refractivity contribution in [2.24, 2.45) is 5.92 Å². The number of carbonyl (C=O) groups excluding carboxylic acids is 1. The van der Waals surface area contributed by atoms with E-state index in [9.17, 15) is 13.2 Å². The molecule has 19 heavy (non-hydrogen) atoms. The molecule has 5 heteroatoms. The Morgan fingerprint density at radius 2 is 1.79 bits per heavy atom. The Morgan fingerprint density at radius 1 is 1.21 bits per heavy atom. The molecule has 1 aliphatic rings. The highest BCUT2D eigenvalue weighted by molar-refractivity contribution is 7.91. The lowest BCUT2D eigenvalue weighted by Crippen LogP contribution is -2.24. The normalized spacial score (nSPS) is 21.3. The standard InChI is InChI=1S/C14H19NO3S/c1-9-6-10(2)13(11(3)7-9)15-14(16)12-4-5-19(17,18)8-12/h6-7,12H,4-5,8H2,1-3H3,(H,15,16)/t12-/m1/s1. The molecule has 1 aromatic carbocycles. The SMILES string of the molecule is Cc1cc(C)c(NC(=O)[C@@H]2CCS(=O)(=O)C2)c(C)c1. The molecule has 0 aliphatic carbocycles. The number of aryl methyl sites for hydroxylation is 3. The van der Waals surface area contributed by atoms with Gasteiger partial charge in [0.1, 0.15) is 0 Å². The van der Waals surface area contributed by atoms with Crippen LogP contribution in [0.1, 0.15) is 23.1 Å². The summed E-state index contributed by atoms with van der Waals surface area (Å²) in [5.41, 5.74) is 3.97. The molecule has 104 valence electrons. The number of amides is 1. The highest BCUT2D eigenvalue weighted by atomic mass is 32.2. The molecule has 0 bridgehead atoms. The second-order valence-corrected chi connectivity index (χ2v) is 7.59. The summed E-state index contributed by atoms with van der Waals surface area (Å²) in [7, 11) is -3.02. The molecule has 2 rings (SSSR count). The lowest BCUT2D eigenvalue weighted by molar-refractivity contribution is -0.119. The third-order valence-corrected chi connectivity index (χ3v) is 5.30. The van der Waals surface area contributed by atoms with Crippen molar-refractivity contribution in [2.75, 3.05) is 16.8 Å². The first-order chi connectivity index (χ1) is 8.78. The average Bonchev–Trinajstić information content (AvgIpc) is 2.64. The summed E-state index contributed by atoms with van der Waals surface area (Å²) in [5.74, 6) is -0.499. The largest absolute Gasteiger partial charge is 0.325 e. The van der Waals surface area contributed by atoms with E-state index in [0.717, 1.165) is 22.4 Å². The van der Waals surface area contributed by atoms with Gasteiger partial charge < -0.3 is 5.32 Å². The number of hydrogen-bond donors (Lipinski definition) is 1. The van der Waals surface area contributed by atoms with Crippen LogP contribution in [-0.2, 0) is 14.6 Å². The third-order valence-electron chi connectivity index (χ3n) is 3.53. The summed E-state index contributed by atoms with van der Waals surface area (Å²) in [6.07, 6.45) is 0.429. The van der Waals surface area contributed by atoms with E-state index in [1.165, 1.54) is 0 Å². The van der Waals surface area contributed by atoms with Gasteiger partial charge in [0.15, 0.2) is 9.84 Å². The van der Waals surface area contributed by atoms with Gasteiger partial charge in [-0.2, -0.15) is 0 Å². The first-order valence-corrected chi connectivity index (χ1v) is 8.20. The number of hydrogen-bond acceptors (Lipinski definition) is 3. The van der Waals surface area contributed by atoms with Crippen LogP contribution in [0.2, 0.25) is 0 Å². The van der Waals surface area contributed by atoms with E-state index in [2.05, 4.69) is 5.32 Å². The zero-order valence-corrected chi connectivity index (χ0v) is 12.3. The molecule has 4 nitrogen and oxygen atoms in total. The zero-order valence-electron chi connectivity index (χ0n) is 11.5. The van der Waals surface area contributed by atoms with Gasteiger partial charge in [0.05, 0.1) is 17.4 Å². The topological polar surface area (TPSA) is 63.2 Å². The van der Waals surface area contributed by atoms with Gasteiger partial charge in [-0.15, -0.1) is 0 Å². The van der Waals surface area contributed by atoms with Crippen molar-refractivity contribution >= 4 is 21.4 Å². The van der Waals surface area contributed by atoms with Crippen molar-refractivity contribution in [3.63, 3.8) is 0 Å². The molecule has 0 radical (unpaired) electrons. The quantitative estimate of drug-likeness (QED) is 0.901. The lowest BCUT2D eigenvalue weighted by Gasteiger charge is -2.15. The molecule has 1 saturated heterocycles. The number of rotatable bonds is 2. The summed E-state index contributed by atoms with van der Waals surface area (Å²) in [6.45, 7) is 5.90. The van der Waals surface area contributed by atoms with E-state index in [4.69, 9.17) is 0 Å². The van der Waals surface area contributed by atoms with E-state index in [-0.39, 0.29) is 17.4 Å². The summed E-state index contributed by atoms with van der Waals surface area (Å²) >= 11 is 0. The van der Waals surface area contributed by atoms with Crippen molar-refractivity contribution in [2.45, 2.75) is 27.2 Å². The fourth-order valence-corrected chi connectivity index (χ4v) is 4.35. The monoisotopic (exact) mass is 281 g/mol. The van der Waals surface area contributed by atoms with Crippen molar-refractivity contribution in [3.05, 3.63) is 28.8 Å². The molecule has 0 saturated carbocycles. The zero-order chi connectivity index (χ0) is 14.2. The van der Waals surface area contributed by atoms with E-state index < -0.39 is 15.8 Å². The molecule has 1 amide bonds. The van der Waals surface area contributed by atoms with Crippen molar-refractivity contribution in [1.29, 1.82) is 0 Å². The smallest absolute Gasteiger partial charge is 0.228 e. The Hall–Kier alpha value is -1.36. The highest BCUT2D eigenvalue weighted by Gasteiger charge is 2.33. The Kier molecular flexibility index (Phi) is 3.67. The van der Waals surface area contributed by atoms with Crippen LogP contribution in [-0.4, -0.2) is 25.8 Å². The van der Waals surface area contributed by atoms with Crippen LogP contribution in [0, 0.1) is 26.7 Å². The van der Waals surface area contributed by atoms with Crippen LogP contribution in [0.15, 0.2) is 12.1 Å². The minimum Gasteiger partial charge on any atom is -0.325 e. The van der Waals surface area contributed by atoms with Gasteiger partial charge >= 0.3 is 0 Å². The van der Waals surface area contributed by atoms with E-state index in [1.54, 1.807) is 0 Å². The summed E-state index contributed by atoms with van der Waals surface area (Å²) in [4.78, 5) is 12.1. The molecule has 0 unspecified atom stereocenters. The van der Waals surface area contributed by atoms with Gasteiger partial charge in [0.2, 0.25) is 5.91 Å². The molecule has 1 N–H and O–H groups in total. The maximum atomic E-state index is 12.1. The predicted molar refractivity (Wildman–Crippen MR) is 76.0 cm³/mol. The maximum Gasteiger partial charge on any atom is 0.228 e. The van der Waals surface area contributed by atoms with E-state index in [0.29, 0.717) is 6.42 Å². The molecule has 1 heterocycles. The first-order valence-electron chi connectivity index (χ1n) is 6.37. The fourth-order valence-electron chi connectivity index (χ4n) is 2.60. The third kappa shape index (κ3) is 3.15. The van der Waals surface area contributed by atoms with E-state index in [1.807, 2.05) is 32.9 Å². The van der Waals surface area contributed by atoms with Crippen molar-refractivity contribution < 1.29 is 13.2 Å². The van der Waals surface area contributed by atoms with E-state index >= 15 is 0 Å². The summed E-state index contributed by atoms with van der Waals surface area (Å²) < 4.78 is 22.8. The number of carbonyl (C=O) groups is 1. The second kappa shape index (κ2) is 4.96. The van der Waals surface area contributed by atoms with Gasteiger partial charge in [-0.1, -0.05) is 17.7 Å². The van der Waals surface area contributed by atoms with Crippen LogP contribution in [0.3, 0.4) is 0 Å². The Bertz CT molecular complexity index is 597. The minimum atomic E-state index is -3.02. The van der Waals surface area contributed by atoms with Crippen LogP contribution >= 0.6 is 0 Å². The molecular weight excluding hydrogens is 262 g/mol. The predicted octanol–water partition coefficient (Wildman–Crippen LogP) is 1.99. The summed E-state index contributed by atoms with van der Waals surface area (Å²) in [5, 5.41) is 2.88. The maximum absolute atomic E-state index is 12.1. The second-order valence-electron chi connectivity index (χ2n) is 5.36. The Morgan fingerprint density at radius 3 is 2.26 bits per heavy atom. The first kappa shape index (κ1) is 14.1. The minimum absolute atomic E-state index is 0.0250. The van der Waals surface area contributed by atoms with Crippen LogP contribution in [0.5, 0.6) is 0 Å². The summed E-state index contributed by atoms with van der Waals surface area (Å²) in [6, 6.07) is 4.02. The highest BCUT2D eigenvalue weighted by Crippen LogP contribution is 2.25. The van der Waals surface area contributed by atoms with Gasteiger partial charge in [-0.3, -0.25) is 4.79 Å². The van der Waals surface area contributed by atoms with Gasteiger partial charge in [-0.05, 0) is 38.3 Å². The van der Waals surface area contributed by atoms with Crippen LogP contribution in [0.4, 0.5) is 5.69 Å². The molecule has 1 aliphatic heterocycles. The van der Waals surface area contributed by atoms with Crippen LogP contribution in [0.25, 0.3) is 0 Å². The fraction of sp³-hybridized carbons (Fsp3) is 0.500. The van der Waals surface area contributed by atoms with Gasteiger partial charge in [0, 0.05) is 5.69 Å². The van der Waals surface area contributed by atoms with Crippen molar-refractivity contribution in [3.8, 4) is 0 Å². The lowest BCUT2D eigenvalue weighted by atomic mass is 10.0. The van der Waals surface area contributed by atoms with Crippen molar-refractivity contribution in [1.82, 2.24) is 0 Å². The van der Waals surface area contributed by atoms with Gasteiger partial charge in [-0.25, -0.2) is 8.42 Å².